The summed E-state index contributed by atoms with van der Waals surface area (Å²) < 4.78 is 6.34. The Morgan fingerprint density at radius 3 is 2.88 bits per heavy atom. The molecule has 124 valence electrons. The molecule has 1 aromatic heterocycles. The fourth-order valence-corrected chi connectivity index (χ4v) is 5.00. The van der Waals surface area contributed by atoms with Crippen LogP contribution in [0.4, 0.5) is 0 Å². The standard InChI is InChI=1S/C18H18BrN3OS/c1-11-10-22-17(12-6-7-15(23-2)13(19)9-12)16(21-18(22)24-11)14-5-3-4-8-20-14/h3-9,11,16-17H,10H2,1-2H3/t11-,16+,17-/m1/s1. The van der Waals surface area contributed by atoms with Crippen LogP contribution < -0.4 is 4.74 Å². The number of nitrogens with zero attached hydrogens (tertiary/aromatic N) is 3. The summed E-state index contributed by atoms with van der Waals surface area (Å²) in [6.07, 6.45) is 1.84. The van der Waals surface area contributed by atoms with E-state index < -0.39 is 0 Å². The van der Waals surface area contributed by atoms with Gasteiger partial charge in [0.25, 0.3) is 0 Å². The van der Waals surface area contributed by atoms with Crippen LogP contribution in [0.25, 0.3) is 0 Å². The van der Waals surface area contributed by atoms with E-state index in [1.165, 1.54) is 5.56 Å². The van der Waals surface area contributed by atoms with Crippen molar-refractivity contribution < 1.29 is 4.74 Å². The second-order valence-corrected chi connectivity index (χ2v) is 8.29. The Kier molecular flexibility index (Phi) is 4.26. The molecule has 2 aliphatic rings. The van der Waals surface area contributed by atoms with Crippen molar-refractivity contribution in [3.63, 3.8) is 0 Å². The molecule has 0 aliphatic carbocycles. The van der Waals surface area contributed by atoms with E-state index in [1.54, 1.807) is 7.11 Å². The molecule has 0 unspecified atom stereocenters. The maximum Gasteiger partial charge on any atom is 0.160 e. The minimum atomic E-state index is 0.0292. The summed E-state index contributed by atoms with van der Waals surface area (Å²) in [5, 5.41) is 1.70. The third kappa shape index (κ3) is 2.71. The molecular weight excluding hydrogens is 386 g/mol. The van der Waals surface area contributed by atoms with Gasteiger partial charge in [0.2, 0.25) is 0 Å². The number of methoxy groups -OCH3 is 1. The van der Waals surface area contributed by atoms with Crippen LogP contribution in [0.3, 0.4) is 0 Å². The average molecular weight is 404 g/mol. The second-order valence-electron chi connectivity index (χ2n) is 6.03. The number of amidine groups is 1. The number of pyridine rings is 1. The largest absolute Gasteiger partial charge is 0.496 e. The molecule has 0 bridgehead atoms. The first-order valence-electron chi connectivity index (χ1n) is 7.93. The highest BCUT2D eigenvalue weighted by atomic mass is 79.9. The average Bonchev–Trinajstić information content (AvgIpc) is 3.11. The monoisotopic (exact) mass is 403 g/mol. The van der Waals surface area contributed by atoms with Gasteiger partial charge in [-0.25, -0.2) is 0 Å². The number of halogens is 1. The number of hydrogen-bond acceptors (Lipinski definition) is 5. The molecule has 2 aromatic rings. The first kappa shape index (κ1) is 16.0. The van der Waals surface area contributed by atoms with Crippen molar-refractivity contribution in [2.24, 2.45) is 4.99 Å². The fourth-order valence-electron chi connectivity index (χ4n) is 3.34. The third-order valence-electron chi connectivity index (χ3n) is 4.40. The van der Waals surface area contributed by atoms with Crippen molar-refractivity contribution in [3.8, 4) is 5.75 Å². The van der Waals surface area contributed by atoms with E-state index in [4.69, 9.17) is 9.73 Å². The molecular formula is C18H18BrN3OS. The second kappa shape index (κ2) is 6.41. The Morgan fingerprint density at radius 1 is 1.29 bits per heavy atom. The molecule has 6 heteroatoms. The maximum absolute atomic E-state index is 5.37. The molecule has 3 atom stereocenters. The molecule has 4 rings (SSSR count). The van der Waals surface area contributed by atoms with E-state index in [-0.39, 0.29) is 12.1 Å². The minimum absolute atomic E-state index is 0.0292. The molecule has 3 heterocycles. The summed E-state index contributed by atoms with van der Waals surface area (Å²) in [5.74, 6) is 0.844. The van der Waals surface area contributed by atoms with E-state index in [9.17, 15) is 0 Å². The first-order valence-corrected chi connectivity index (χ1v) is 9.60. The van der Waals surface area contributed by atoms with Gasteiger partial charge in [-0.15, -0.1) is 0 Å². The van der Waals surface area contributed by atoms with Gasteiger partial charge in [-0.2, -0.15) is 0 Å². The molecule has 2 aliphatic heterocycles. The molecule has 0 amide bonds. The van der Waals surface area contributed by atoms with Crippen LogP contribution >= 0.6 is 27.7 Å². The first-order chi connectivity index (χ1) is 11.7. The van der Waals surface area contributed by atoms with Gasteiger partial charge in [0, 0.05) is 18.0 Å². The van der Waals surface area contributed by atoms with E-state index >= 15 is 0 Å². The van der Waals surface area contributed by atoms with Gasteiger partial charge in [0.1, 0.15) is 11.8 Å². The Hall–Kier alpha value is -1.53. The number of rotatable bonds is 3. The SMILES string of the molecule is COc1ccc([C@@H]2[C@H](c3ccccn3)N=C3S[C@H](C)CN32)cc1Br. The summed E-state index contributed by atoms with van der Waals surface area (Å²) >= 11 is 5.47. The predicted molar refractivity (Wildman–Crippen MR) is 102 cm³/mol. The van der Waals surface area contributed by atoms with Gasteiger partial charge in [0.05, 0.1) is 23.3 Å². The molecule has 0 N–H and O–H groups in total. The van der Waals surface area contributed by atoms with E-state index in [0.717, 1.165) is 27.6 Å². The number of ether oxygens (including phenoxy) is 1. The van der Waals surface area contributed by atoms with Gasteiger partial charge in [-0.05, 0) is 45.8 Å². The Labute approximate surface area is 154 Å². The zero-order valence-corrected chi connectivity index (χ0v) is 15.9. The molecule has 0 saturated carbocycles. The van der Waals surface area contributed by atoms with Gasteiger partial charge in [0.15, 0.2) is 5.17 Å². The molecule has 0 radical (unpaired) electrons. The number of hydrogen-bond donors (Lipinski definition) is 0. The van der Waals surface area contributed by atoms with Crippen LogP contribution in [0.5, 0.6) is 5.75 Å². The normalized spacial score (nSPS) is 25.5. The highest BCUT2D eigenvalue weighted by Crippen LogP contribution is 2.48. The summed E-state index contributed by atoms with van der Waals surface area (Å²) in [6.45, 7) is 3.27. The Bertz CT molecular complexity index is 783. The minimum Gasteiger partial charge on any atom is -0.496 e. The number of thioether (sulfide) groups is 1. The van der Waals surface area contributed by atoms with Crippen LogP contribution in [0.2, 0.25) is 0 Å². The van der Waals surface area contributed by atoms with Crippen molar-refractivity contribution in [1.82, 2.24) is 9.88 Å². The smallest absolute Gasteiger partial charge is 0.160 e. The van der Waals surface area contributed by atoms with Crippen molar-refractivity contribution in [3.05, 3.63) is 58.3 Å². The molecule has 1 saturated heterocycles. The van der Waals surface area contributed by atoms with Gasteiger partial charge in [-0.1, -0.05) is 30.8 Å². The maximum atomic E-state index is 5.37. The van der Waals surface area contributed by atoms with Gasteiger partial charge < -0.3 is 9.64 Å². The van der Waals surface area contributed by atoms with Crippen LogP contribution in [-0.4, -0.2) is 34.0 Å². The van der Waals surface area contributed by atoms with Crippen molar-refractivity contribution in [2.75, 3.05) is 13.7 Å². The van der Waals surface area contributed by atoms with Crippen molar-refractivity contribution in [1.29, 1.82) is 0 Å². The summed E-state index contributed by atoms with van der Waals surface area (Å²) in [4.78, 5) is 12.0. The molecule has 1 aromatic carbocycles. The molecule has 24 heavy (non-hydrogen) atoms. The Morgan fingerprint density at radius 2 is 2.17 bits per heavy atom. The lowest BCUT2D eigenvalue weighted by Gasteiger charge is -2.27. The van der Waals surface area contributed by atoms with Crippen LogP contribution in [0.15, 0.2) is 52.1 Å². The van der Waals surface area contributed by atoms with E-state index in [2.05, 4.69) is 50.9 Å². The van der Waals surface area contributed by atoms with Gasteiger partial charge in [-0.3, -0.25) is 9.98 Å². The van der Waals surface area contributed by atoms with Crippen molar-refractivity contribution in [2.45, 2.75) is 24.3 Å². The lowest BCUT2D eigenvalue weighted by atomic mass is 9.96. The topological polar surface area (TPSA) is 37.7 Å². The molecule has 4 nitrogen and oxygen atoms in total. The Balaban J connectivity index is 1.77. The van der Waals surface area contributed by atoms with E-state index in [1.807, 2.05) is 36.2 Å². The number of benzene rings is 1. The highest BCUT2D eigenvalue weighted by Gasteiger charge is 2.43. The van der Waals surface area contributed by atoms with Crippen LogP contribution in [0, 0.1) is 0 Å². The quantitative estimate of drug-likeness (QED) is 0.758. The van der Waals surface area contributed by atoms with Crippen LogP contribution in [0.1, 0.15) is 30.3 Å². The summed E-state index contributed by atoms with van der Waals surface area (Å²) in [5.41, 5.74) is 2.25. The van der Waals surface area contributed by atoms with Gasteiger partial charge >= 0.3 is 0 Å². The predicted octanol–water partition coefficient (Wildman–Crippen LogP) is 4.44. The van der Waals surface area contributed by atoms with Crippen LogP contribution in [-0.2, 0) is 0 Å². The molecule has 0 spiro atoms. The molecule has 1 fully saturated rings. The highest BCUT2D eigenvalue weighted by molar-refractivity contribution is 9.10. The number of aliphatic imine (C=N–C) groups is 1. The van der Waals surface area contributed by atoms with Crippen molar-refractivity contribution >= 4 is 32.9 Å². The zero-order chi connectivity index (χ0) is 16.7. The summed E-state index contributed by atoms with van der Waals surface area (Å²) in [7, 11) is 1.69. The lowest BCUT2D eigenvalue weighted by molar-refractivity contribution is 0.320. The zero-order valence-electron chi connectivity index (χ0n) is 13.5. The number of aromatic nitrogens is 1. The number of fused-ring (bicyclic) bond motifs is 1. The summed E-state index contributed by atoms with van der Waals surface area (Å²) in [6, 6.07) is 12.5. The fraction of sp³-hybridized carbons (Fsp3) is 0.333. The third-order valence-corrected chi connectivity index (χ3v) is 6.12. The van der Waals surface area contributed by atoms with E-state index in [0.29, 0.717) is 5.25 Å². The lowest BCUT2D eigenvalue weighted by Crippen LogP contribution is -2.28.